The Bertz CT molecular complexity index is 627. The van der Waals surface area contributed by atoms with E-state index in [9.17, 15) is 4.79 Å². The molecule has 0 saturated carbocycles. The highest BCUT2D eigenvalue weighted by molar-refractivity contribution is 7.22. The van der Waals surface area contributed by atoms with Crippen LogP contribution in [0.1, 0.15) is 19.8 Å². The van der Waals surface area contributed by atoms with E-state index in [1.807, 2.05) is 13.0 Å². The van der Waals surface area contributed by atoms with Gasteiger partial charge in [0.05, 0.1) is 24.8 Å². The summed E-state index contributed by atoms with van der Waals surface area (Å²) in [6, 6.07) is 3.53. The summed E-state index contributed by atoms with van der Waals surface area (Å²) in [5, 5.41) is 3.31. The minimum Gasteiger partial charge on any atom is -0.494 e. The monoisotopic (exact) mass is 309 g/mol. The van der Waals surface area contributed by atoms with Gasteiger partial charge in [-0.15, -0.1) is 0 Å². The lowest BCUT2D eigenvalue weighted by molar-refractivity contribution is -0.117. The maximum Gasteiger partial charge on any atom is 0.228 e. The SMILES string of the molecule is CCCOCCC(=O)Nc1nc2c(OC)cc(N)cc2s1. The number of rotatable bonds is 7. The van der Waals surface area contributed by atoms with Crippen molar-refractivity contribution in [3.8, 4) is 5.75 Å². The number of thiazole rings is 1. The normalized spacial score (nSPS) is 10.8. The van der Waals surface area contributed by atoms with Gasteiger partial charge in [0.2, 0.25) is 5.91 Å². The van der Waals surface area contributed by atoms with Gasteiger partial charge < -0.3 is 20.5 Å². The largest absolute Gasteiger partial charge is 0.494 e. The molecule has 3 N–H and O–H groups in total. The van der Waals surface area contributed by atoms with Gasteiger partial charge in [0, 0.05) is 18.4 Å². The summed E-state index contributed by atoms with van der Waals surface area (Å²) in [6.45, 7) is 3.12. The average molecular weight is 309 g/mol. The summed E-state index contributed by atoms with van der Waals surface area (Å²) >= 11 is 1.37. The predicted octanol–water partition coefficient (Wildman–Crippen LogP) is 2.64. The van der Waals surface area contributed by atoms with Crippen LogP contribution in [0.4, 0.5) is 10.8 Å². The number of hydrogen-bond donors (Lipinski definition) is 2. The Morgan fingerprint density at radius 2 is 2.24 bits per heavy atom. The first-order valence-electron chi connectivity index (χ1n) is 6.75. The lowest BCUT2D eigenvalue weighted by atomic mass is 10.3. The number of nitrogens with one attached hydrogen (secondary N) is 1. The fraction of sp³-hybridized carbons (Fsp3) is 0.429. The van der Waals surface area contributed by atoms with Crippen LogP contribution in [0, 0.1) is 0 Å². The Morgan fingerprint density at radius 3 is 2.95 bits per heavy atom. The van der Waals surface area contributed by atoms with Gasteiger partial charge in [-0.05, 0) is 12.5 Å². The van der Waals surface area contributed by atoms with Crippen LogP contribution in [0.3, 0.4) is 0 Å². The molecule has 0 spiro atoms. The van der Waals surface area contributed by atoms with Gasteiger partial charge in [-0.1, -0.05) is 18.3 Å². The second-order valence-electron chi connectivity index (χ2n) is 4.50. The number of ether oxygens (including phenoxy) is 2. The Labute approximate surface area is 127 Å². The van der Waals surface area contributed by atoms with E-state index in [0.29, 0.717) is 41.7 Å². The van der Waals surface area contributed by atoms with Gasteiger partial charge in [-0.3, -0.25) is 4.79 Å². The Balaban J connectivity index is 2.04. The van der Waals surface area contributed by atoms with Crippen LogP contribution >= 0.6 is 11.3 Å². The molecule has 0 aliphatic carbocycles. The second-order valence-corrected chi connectivity index (χ2v) is 5.53. The number of methoxy groups -OCH3 is 1. The van der Waals surface area contributed by atoms with Gasteiger partial charge in [-0.2, -0.15) is 0 Å². The highest BCUT2D eigenvalue weighted by atomic mass is 32.1. The maximum atomic E-state index is 11.8. The number of nitrogens with two attached hydrogens (primary N) is 1. The zero-order chi connectivity index (χ0) is 15.2. The van der Waals surface area contributed by atoms with Crippen molar-refractivity contribution in [3.63, 3.8) is 0 Å². The molecule has 0 aliphatic rings. The van der Waals surface area contributed by atoms with E-state index in [1.54, 1.807) is 13.2 Å². The molecule has 0 saturated heterocycles. The highest BCUT2D eigenvalue weighted by Gasteiger charge is 2.12. The maximum absolute atomic E-state index is 11.8. The molecule has 1 amide bonds. The molecule has 0 unspecified atom stereocenters. The van der Waals surface area contributed by atoms with Crippen molar-refractivity contribution >= 4 is 38.3 Å². The first kappa shape index (κ1) is 15.5. The van der Waals surface area contributed by atoms with Crippen LogP contribution in [0.25, 0.3) is 10.2 Å². The van der Waals surface area contributed by atoms with Gasteiger partial charge in [0.15, 0.2) is 5.13 Å². The van der Waals surface area contributed by atoms with Crippen molar-refractivity contribution in [2.24, 2.45) is 0 Å². The fourth-order valence-corrected chi connectivity index (χ4v) is 2.77. The lowest BCUT2D eigenvalue weighted by Gasteiger charge is -2.02. The smallest absolute Gasteiger partial charge is 0.228 e. The number of hydrogen-bond acceptors (Lipinski definition) is 6. The number of benzene rings is 1. The van der Waals surface area contributed by atoms with Crippen molar-refractivity contribution in [3.05, 3.63) is 12.1 Å². The first-order valence-corrected chi connectivity index (χ1v) is 7.57. The van der Waals surface area contributed by atoms with E-state index in [-0.39, 0.29) is 5.91 Å². The van der Waals surface area contributed by atoms with Crippen molar-refractivity contribution in [2.75, 3.05) is 31.4 Å². The molecule has 21 heavy (non-hydrogen) atoms. The van der Waals surface area contributed by atoms with E-state index in [1.165, 1.54) is 11.3 Å². The predicted molar refractivity (Wildman–Crippen MR) is 84.9 cm³/mol. The van der Waals surface area contributed by atoms with Crippen molar-refractivity contribution in [1.82, 2.24) is 4.98 Å². The van der Waals surface area contributed by atoms with Crippen LogP contribution < -0.4 is 15.8 Å². The standard InChI is InChI=1S/C14H19N3O3S/c1-3-5-20-6-4-12(18)16-14-17-13-10(19-2)7-9(15)8-11(13)21-14/h7-8H,3-6,15H2,1-2H3,(H,16,17,18). The molecule has 6 nitrogen and oxygen atoms in total. The zero-order valence-electron chi connectivity index (χ0n) is 12.1. The molecule has 114 valence electrons. The molecular weight excluding hydrogens is 290 g/mol. The highest BCUT2D eigenvalue weighted by Crippen LogP contribution is 2.34. The number of amides is 1. The lowest BCUT2D eigenvalue weighted by Crippen LogP contribution is -2.14. The summed E-state index contributed by atoms with van der Waals surface area (Å²) in [5.41, 5.74) is 7.11. The van der Waals surface area contributed by atoms with Crippen molar-refractivity contribution in [1.29, 1.82) is 0 Å². The first-order chi connectivity index (χ1) is 10.1. The van der Waals surface area contributed by atoms with Gasteiger partial charge in [-0.25, -0.2) is 4.98 Å². The summed E-state index contributed by atoms with van der Waals surface area (Å²) in [4.78, 5) is 16.2. The van der Waals surface area contributed by atoms with Crippen LogP contribution in [0.5, 0.6) is 5.75 Å². The number of nitrogens with zero attached hydrogens (tertiary/aromatic N) is 1. The zero-order valence-corrected chi connectivity index (χ0v) is 13.0. The number of nitrogen functional groups attached to an aromatic ring is 1. The molecule has 1 aromatic carbocycles. The Hall–Kier alpha value is -1.86. The molecule has 0 radical (unpaired) electrons. The molecule has 1 heterocycles. The summed E-state index contributed by atoms with van der Waals surface area (Å²) in [5.74, 6) is 0.491. The Kier molecular flexibility index (Phi) is 5.35. The number of fused-ring (bicyclic) bond motifs is 1. The number of carbonyl (C=O) groups excluding carboxylic acids is 1. The third-order valence-electron chi connectivity index (χ3n) is 2.77. The third-order valence-corrected chi connectivity index (χ3v) is 3.69. The molecule has 2 rings (SSSR count). The van der Waals surface area contributed by atoms with E-state index in [0.717, 1.165) is 11.1 Å². The van der Waals surface area contributed by atoms with Crippen molar-refractivity contribution in [2.45, 2.75) is 19.8 Å². The summed E-state index contributed by atoms with van der Waals surface area (Å²) in [7, 11) is 1.57. The topological polar surface area (TPSA) is 86.5 Å². The van der Waals surface area contributed by atoms with E-state index >= 15 is 0 Å². The average Bonchev–Trinajstić information content (AvgIpc) is 2.84. The molecule has 7 heteroatoms. The summed E-state index contributed by atoms with van der Waals surface area (Å²) in [6.07, 6.45) is 1.26. The molecular formula is C14H19N3O3S. The number of carbonyl (C=O) groups is 1. The van der Waals surface area contributed by atoms with Gasteiger partial charge >= 0.3 is 0 Å². The van der Waals surface area contributed by atoms with Crippen LogP contribution in [-0.2, 0) is 9.53 Å². The second kappa shape index (κ2) is 7.24. The van der Waals surface area contributed by atoms with Crippen molar-refractivity contribution < 1.29 is 14.3 Å². The van der Waals surface area contributed by atoms with E-state index in [2.05, 4.69) is 10.3 Å². The fourth-order valence-electron chi connectivity index (χ4n) is 1.82. The number of aromatic nitrogens is 1. The van der Waals surface area contributed by atoms with Gasteiger partial charge in [0.1, 0.15) is 11.3 Å². The van der Waals surface area contributed by atoms with Crippen LogP contribution in [0.2, 0.25) is 0 Å². The third kappa shape index (κ3) is 4.05. The van der Waals surface area contributed by atoms with E-state index < -0.39 is 0 Å². The van der Waals surface area contributed by atoms with E-state index in [4.69, 9.17) is 15.2 Å². The quantitative estimate of drug-likeness (QED) is 0.606. The van der Waals surface area contributed by atoms with Crippen LogP contribution in [-0.4, -0.2) is 31.2 Å². The Morgan fingerprint density at radius 1 is 1.43 bits per heavy atom. The molecule has 1 aromatic heterocycles. The molecule has 2 aromatic rings. The minimum absolute atomic E-state index is 0.114. The molecule has 0 bridgehead atoms. The van der Waals surface area contributed by atoms with Crippen LogP contribution in [0.15, 0.2) is 12.1 Å². The molecule has 0 atom stereocenters. The van der Waals surface area contributed by atoms with Gasteiger partial charge in [0.25, 0.3) is 0 Å². The minimum atomic E-state index is -0.114. The molecule has 0 fully saturated rings. The number of anilines is 2. The molecule has 0 aliphatic heterocycles. The summed E-state index contributed by atoms with van der Waals surface area (Å²) < 4.78 is 11.4.